The first-order valence-corrected chi connectivity index (χ1v) is 7.01. The molecule has 1 aromatic heterocycles. The van der Waals surface area contributed by atoms with Gasteiger partial charge in [-0.3, -0.25) is 4.79 Å². The predicted octanol–water partition coefficient (Wildman–Crippen LogP) is 3.46. The SMILES string of the molecule is Cc1[nH]c2ccc(C(CC(=O)O)C3CC3)c(O)c2c1C. The van der Waals surface area contributed by atoms with Gasteiger partial charge in [-0.05, 0) is 49.8 Å². The van der Waals surface area contributed by atoms with Crippen molar-refractivity contribution < 1.29 is 15.0 Å². The van der Waals surface area contributed by atoms with E-state index >= 15 is 0 Å². The molecule has 1 atom stereocenters. The quantitative estimate of drug-likeness (QED) is 0.798. The molecule has 1 fully saturated rings. The second-order valence-electron chi connectivity index (χ2n) is 5.84. The zero-order valence-corrected chi connectivity index (χ0v) is 11.7. The van der Waals surface area contributed by atoms with Gasteiger partial charge < -0.3 is 15.2 Å². The lowest BCUT2D eigenvalue weighted by atomic mass is 9.89. The highest BCUT2D eigenvalue weighted by atomic mass is 16.4. The molecular formula is C16H19NO3. The molecule has 2 aromatic rings. The van der Waals surface area contributed by atoms with Crippen molar-refractivity contribution in [2.24, 2.45) is 5.92 Å². The maximum atomic E-state index is 11.1. The summed E-state index contributed by atoms with van der Waals surface area (Å²) in [6.07, 6.45) is 2.20. The number of aromatic hydroxyl groups is 1. The molecule has 1 aliphatic rings. The summed E-state index contributed by atoms with van der Waals surface area (Å²) in [5.41, 5.74) is 3.76. The van der Waals surface area contributed by atoms with E-state index in [9.17, 15) is 9.90 Å². The van der Waals surface area contributed by atoms with Crippen LogP contribution in [-0.4, -0.2) is 21.2 Å². The smallest absolute Gasteiger partial charge is 0.303 e. The molecule has 0 saturated heterocycles. The molecule has 20 heavy (non-hydrogen) atoms. The van der Waals surface area contributed by atoms with E-state index in [0.29, 0.717) is 5.92 Å². The van der Waals surface area contributed by atoms with Crippen LogP contribution in [0.1, 0.15) is 42.0 Å². The van der Waals surface area contributed by atoms with Crippen molar-refractivity contribution in [3.63, 3.8) is 0 Å². The number of aromatic nitrogens is 1. The zero-order chi connectivity index (χ0) is 14.4. The van der Waals surface area contributed by atoms with Gasteiger partial charge in [0.2, 0.25) is 0 Å². The number of carboxylic acid groups (broad SMARTS) is 1. The summed E-state index contributed by atoms with van der Waals surface area (Å²) < 4.78 is 0. The van der Waals surface area contributed by atoms with Gasteiger partial charge in [0.1, 0.15) is 5.75 Å². The highest BCUT2D eigenvalue weighted by Gasteiger charge is 2.35. The number of rotatable bonds is 4. The molecule has 1 unspecified atom stereocenters. The Morgan fingerprint density at radius 3 is 2.70 bits per heavy atom. The molecule has 0 aliphatic heterocycles. The van der Waals surface area contributed by atoms with E-state index in [1.54, 1.807) is 0 Å². The normalized spacial score (nSPS) is 16.5. The van der Waals surface area contributed by atoms with Crippen LogP contribution in [0.2, 0.25) is 0 Å². The minimum Gasteiger partial charge on any atom is -0.507 e. The summed E-state index contributed by atoms with van der Waals surface area (Å²) in [5.74, 6) is -0.229. The minimum atomic E-state index is -0.802. The Labute approximate surface area is 117 Å². The molecule has 4 heteroatoms. The van der Waals surface area contributed by atoms with Crippen LogP contribution in [-0.2, 0) is 4.79 Å². The van der Waals surface area contributed by atoms with Crippen molar-refractivity contribution in [3.05, 3.63) is 29.0 Å². The van der Waals surface area contributed by atoms with Crippen LogP contribution in [0.25, 0.3) is 10.9 Å². The fourth-order valence-corrected chi connectivity index (χ4v) is 3.09. The summed E-state index contributed by atoms with van der Waals surface area (Å²) in [5, 5.41) is 20.5. The maximum Gasteiger partial charge on any atom is 0.303 e. The summed E-state index contributed by atoms with van der Waals surface area (Å²) in [6.45, 7) is 3.95. The molecular weight excluding hydrogens is 254 g/mol. The monoisotopic (exact) mass is 273 g/mol. The number of benzene rings is 1. The highest BCUT2D eigenvalue weighted by molar-refractivity contribution is 5.91. The third-order valence-electron chi connectivity index (χ3n) is 4.45. The molecule has 1 aliphatic carbocycles. The van der Waals surface area contributed by atoms with Crippen molar-refractivity contribution in [3.8, 4) is 5.75 Å². The molecule has 0 radical (unpaired) electrons. The van der Waals surface area contributed by atoms with Gasteiger partial charge in [-0.1, -0.05) is 6.07 Å². The lowest BCUT2D eigenvalue weighted by molar-refractivity contribution is -0.137. The van der Waals surface area contributed by atoms with Crippen LogP contribution in [0.15, 0.2) is 12.1 Å². The largest absolute Gasteiger partial charge is 0.507 e. The third-order valence-corrected chi connectivity index (χ3v) is 4.45. The number of aliphatic carboxylic acids is 1. The average molecular weight is 273 g/mol. The molecule has 1 saturated carbocycles. The molecule has 106 valence electrons. The number of nitrogens with one attached hydrogen (secondary N) is 1. The van der Waals surface area contributed by atoms with Gasteiger partial charge in [0.15, 0.2) is 0 Å². The summed E-state index contributed by atoms with van der Waals surface area (Å²) in [6, 6.07) is 3.82. The van der Waals surface area contributed by atoms with Crippen molar-refractivity contribution in [1.82, 2.24) is 4.98 Å². The Bertz CT molecular complexity index is 683. The lowest BCUT2D eigenvalue weighted by Crippen LogP contribution is -2.08. The first-order chi connectivity index (χ1) is 9.49. The highest BCUT2D eigenvalue weighted by Crippen LogP contribution is 2.48. The Hall–Kier alpha value is -1.97. The van der Waals surface area contributed by atoms with E-state index < -0.39 is 5.97 Å². The molecule has 3 rings (SSSR count). The van der Waals surface area contributed by atoms with Crippen LogP contribution < -0.4 is 0 Å². The molecule has 4 nitrogen and oxygen atoms in total. The van der Waals surface area contributed by atoms with Gasteiger partial charge in [-0.25, -0.2) is 0 Å². The fourth-order valence-electron chi connectivity index (χ4n) is 3.09. The van der Waals surface area contributed by atoms with Crippen LogP contribution in [0.4, 0.5) is 0 Å². The number of aromatic amines is 1. The molecule has 1 heterocycles. The summed E-state index contributed by atoms with van der Waals surface area (Å²) in [4.78, 5) is 14.3. The first-order valence-electron chi connectivity index (χ1n) is 7.01. The number of carboxylic acids is 1. The molecule has 3 N–H and O–H groups in total. The van der Waals surface area contributed by atoms with Gasteiger partial charge in [0.25, 0.3) is 0 Å². The number of hydrogen-bond donors (Lipinski definition) is 3. The Kier molecular flexibility index (Phi) is 2.96. The van der Waals surface area contributed by atoms with Crippen molar-refractivity contribution in [2.45, 2.75) is 39.0 Å². The third kappa shape index (κ3) is 2.05. The average Bonchev–Trinajstić information content (AvgIpc) is 3.16. The second-order valence-corrected chi connectivity index (χ2v) is 5.84. The topological polar surface area (TPSA) is 73.3 Å². The maximum absolute atomic E-state index is 11.1. The summed E-state index contributed by atoms with van der Waals surface area (Å²) >= 11 is 0. The number of phenols is 1. The van der Waals surface area contributed by atoms with E-state index in [1.807, 2.05) is 26.0 Å². The molecule has 0 amide bonds. The van der Waals surface area contributed by atoms with E-state index in [1.165, 1.54) is 0 Å². The summed E-state index contributed by atoms with van der Waals surface area (Å²) in [7, 11) is 0. The minimum absolute atomic E-state index is 0.0773. The van der Waals surface area contributed by atoms with Crippen LogP contribution in [0.5, 0.6) is 5.75 Å². The first kappa shape index (κ1) is 13.0. The van der Waals surface area contributed by atoms with E-state index in [4.69, 9.17) is 5.11 Å². The fraction of sp³-hybridized carbons (Fsp3) is 0.438. The predicted molar refractivity (Wildman–Crippen MR) is 77.2 cm³/mol. The molecule has 1 aromatic carbocycles. The number of hydrogen-bond acceptors (Lipinski definition) is 2. The number of phenolic OH excluding ortho intramolecular Hbond substituents is 1. The lowest BCUT2D eigenvalue weighted by Gasteiger charge is -2.16. The van der Waals surface area contributed by atoms with Gasteiger partial charge >= 0.3 is 5.97 Å². The van der Waals surface area contributed by atoms with Gasteiger partial charge in [-0.2, -0.15) is 0 Å². The Morgan fingerprint density at radius 1 is 1.40 bits per heavy atom. The van der Waals surface area contributed by atoms with Gasteiger partial charge in [0, 0.05) is 22.5 Å². The van der Waals surface area contributed by atoms with Gasteiger partial charge in [0.05, 0.1) is 6.42 Å². The Balaban J connectivity index is 2.12. The zero-order valence-electron chi connectivity index (χ0n) is 11.7. The molecule has 0 bridgehead atoms. The number of fused-ring (bicyclic) bond motifs is 1. The van der Waals surface area contributed by atoms with Gasteiger partial charge in [-0.15, -0.1) is 0 Å². The van der Waals surface area contributed by atoms with Crippen LogP contribution in [0, 0.1) is 19.8 Å². The number of aryl methyl sites for hydroxylation is 2. The van der Waals surface area contributed by atoms with Crippen molar-refractivity contribution in [2.75, 3.05) is 0 Å². The second kappa shape index (κ2) is 4.54. The van der Waals surface area contributed by atoms with Crippen molar-refractivity contribution in [1.29, 1.82) is 0 Å². The standard InChI is InChI=1S/C16H19NO3/c1-8-9(2)17-13-6-5-11(16(20)15(8)13)12(7-14(18)19)10-3-4-10/h5-6,10,12,17,20H,3-4,7H2,1-2H3,(H,18,19). The number of H-pyrrole nitrogens is 1. The molecule has 0 spiro atoms. The van der Waals surface area contributed by atoms with Crippen LogP contribution >= 0.6 is 0 Å². The van der Waals surface area contributed by atoms with E-state index in [0.717, 1.165) is 40.6 Å². The van der Waals surface area contributed by atoms with E-state index in [2.05, 4.69) is 4.98 Å². The van der Waals surface area contributed by atoms with E-state index in [-0.39, 0.29) is 18.1 Å². The van der Waals surface area contributed by atoms with Crippen LogP contribution in [0.3, 0.4) is 0 Å². The Morgan fingerprint density at radius 2 is 2.10 bits per heavy atom. The number of carbonyl (C=O) groups is 1. The van der Waals surface area contributed by atoms with Crippen molar-refractivity contribution >= 4 is 16.9 Å².